The molecule has 37 heavy (non-hydrogen) atoms. The van der Waals surface area contributed by atoms with E-state index < -0.39 is 11.9 Å². The number of nitrogens with zero attached hydrogens (tertiary/aromatic N) is 1. The van der Waals surface area contributed by atoms with Crippen molar-refractivity contribution in [3.63, 3.8) is 0 Å². The monoisotopic (exact) mass is 541 g/mol. The molecule has 3 aromatic rings. The number of carboxylic acids is 2. The molecule has 3 aromatic carbocycles. The van der Waals surface area contributed by atoms with Crippen molar-refractivity contribution >= 4 is 35.1 Å². The zero-order chi connectivity index (χ0) is 26.4. The van der Waals surface area contributed by atoms with E-state index in [1.165, 1.54) is 24.0 Å². The summed E-state index contributed by atoms with van der Waals surface area (Å²) in [5, 5.41) is 16.1. The predicted octanol–water partition coefficient (Wildman–Crippen LogP) is 5.96. The van der Waals surface area contributed by atoms with E-state index in [1.807, 2.05) is 12.1 Å². The molecule has 0 aliphatic carbocycles. The lowest BCUT2D eigenvalue weighted by molar-refractivity contribution is -0.159. The summed E-state index contributed by atoms with van der Waals surface area (Å²) in [7, 11) is 0. The van der Waals surface area contributed by atoms with Gasteiger partial charge in [-0.2, -0.15) is 0 Å². The summed E-state index contributed by atoms with van der Waals surface area (Å²) in [6.45, 7) is 2.82. The highest BCUT2D eigenvalue weighted by atomic mass is 35.5. The molecule has 0 amide bonds. The van der Waals surface area contributed by atoms with Gasteiger partial charge < -0.3 is 14.9 Å². The molecule has 6 rings (SSSR count). The number of rotatable bonds is 6. The minimum absolute atomic E-state index is 0.172. The standard InChI is InChI=1S/C27H27Cl2NO.C2H2O4/c28-23-15-19(16-24(29)17-23)18-31-27-22-11-13-30(14-12-22)26(27)25(20-7-3-1-4-8-20)21-9-5-2-6-10-21;3-1(4)2(5)6/h1-10,15-17,22,25-27H,11-14,18H2;(H,3,4)(H,5,6)/t26-,27-;/m1./s1. The molecule has 0 unspecified atom stereocenters. The van der Waals surface area contributed by atoms with Gasteiger partial charge in [0.05, 0.1) is 12.7 Å². The fourth-order valence-corrected chi connectivity index (χ4v) is 6.03. The molecule has 194 valence electrons. The van der Waals surface area contributed by atoms with Crippen LogP contribution in [0.25, 0.3) is 0 Å². The van der Waals surface area contributed by atoms with Gasteiger partial charge in [-0.15, -0.1) is 0 Å². The average molecular weight is 542 g/mol. The van der Waals surface area contributed by atoms with Gasteiger partial charge in [-0.25, -0.2) is 9.59 Å². The van der Waals surface area contributed by atoms with Gasteiger partial charge >= 0.3 is 11.9 Å². The summed E-state index contributed by atoms with van der Waals surface area (Å²) in [4.78, 5) is 20.9. The molecule has 2 atom stereocenters. The Balaban J connectivity index is 0.000000480. The lowest BCUT2D eigenvalue weighted by Gasteiger charge is -2.53. The Morgan fingerprint density at radius 2 is 1.32 bits per heavy atom. The van der Waals surface area contributed by atoms with E-state index in [0.29, 0.717) is 28.6 Å². The van der Waals surface area contributed by atoms with Crippen LogP contribution < -0.4 is 0 Å². The number of hydrogen-bond donors (Lipinski definition) is 2. The number of carboxylic acid groups (broad SMARTS) is 2. The third kappa shape index (κ3) is 6.90. The zero-order valence-electron chi connectivity index (χ0n) is 20.2. The van der Waals surface area contributed by atoms with E-state index in [-0.39, 0.29) is 12.0 Å². The van der Waals surface area contributed by atoms with Crippen LogP contribution in [0.1, 0.15) is 35.4 Å². The van der Waals surface area contributed by atoms with Crippen molar-refractivity contribution in [2.24, 2.45) is 5.92 Å². The summed E-state index contributed by atoms with van der Waals surface area (Å²) in [6.07, 6.45) is 2.58. The molecule has 0 spiro atoms. The lowest BCUT2D eigenvalue weighted by Crippen LogP contribution is -2.60. The summed E-state index contributed by atoms with van der Waals surface area (Å²) >= 11 is 12.5. The molecule has 0 aromatic heterocycles. The fraction of sp³-hybridized carbons (Fsp3) is 0.310. The molecular weight excluding hydrogens is 513 g/mol. The minimum atomic E-state index is -1.82. The fourth-order valence-electron chi connectivity index (χ4n) is 5.46. The second-order valence-electron chi connectivity index (χ2n) is 9.33. The maximum atomic E-state index is 9.10. The molecule has 3 aliphatic rings. The number of piperidine rings is 3. The van der Waals surface area contributed by atoms with Crippen LogP contribution in [0.5, 0.6) is 0 Å². The molecule has 3 aliphatic heterocycles. The Labute approximate surface area is 226 Å². The molecule has 2 bridgehead atoms. The van der Waals surface area contributed by atoms with Crippen LogP contribution in [0.4, 0.5) is 0 Å². The third-order valence-corrected chi connectivity index (χ3v) is 7.44. The van der Waals surface area contributed by atoms with E-state index in [1.54, 1.807) is 6.07 Å². The molecule has 3 heterocycles. The van der Waals surface area contributed by atoms with E-state index in [4.69, 9.17) is 47.7 Å². The van der Waals surface area contributed by atoms with Crippen molar-refractivity contribution in [1.29, 1.82) is 0 Å². The zero-order valence-corrected chi connectivity index (χ0v) is 21.7. The molecule has 2 N–H and O–H groups in total. The minimum Gasteiger partial charge on any atom is -0.473 e. The molecule has 0 saturated carbocycles. The second kappa shape index (κ2) is 12.6. The Bertz CT molecular complexity index is 1130. The summed E-state index contributed by atoms with van der Waals surface area (Å²) < 4.78 is 6.69. The SMILES string of the molecule is Clc1cc(Cl)cc(CO[C@@H]2C3CCN(CC3)[C@@H]2C(c2ccccc2)c2ccccc2)c1.O=C(O)C(=O)O. The highest BCUT2D eigenvalue weighted by Crippen LogP contribution is 2.43. The van der Waals surface area contributed by atoms with Crippen LogP contribution in [0, 0.1) is 5.92 Å². The third-order valence-electron chi connectivity index (χ3n) is 7.00. The van der Waals surface area contributed by atoms with E-state index >= 15 is 0 Å². The molecule has 8 heteroatoms. The van der Waals surface area contributed by atoms with Crippen LogP contribution >= 0.6 is 23.2 Å². The Morgan fingerprint density at radius 1 is 0.838 bits per heavy atom. The number of benzene rings is 3. The van der Waals surface area contributed by atoms with Gasteiger partial charge in [-0.05, 0) is 66.7 Å². The number of hydrogen-bond acceptors (Lipinski definition) is 4. The van der Waals surface area contributed by atoms with Crippen molar-refractivity contribution in [2.75, 3.05) is 13.1 Å². The molecule has 3 fully saturated rings. The quantitative estimate of drug-likeness (QED) is 0.374. The van der Waals surface area contributed by atoms with Crippen molar-refractivity contribution in [3.05, 3.63) is 106 Å². The van der Waals surface area contributed by atoms with Gasteiger partial charge in [0.2, 0.25) is 0 Å². The van der Waals surface area contributed by atoms with Gasteiger partial charge in [0.1, 0.15) is 0 Å². The summed E-state index contributed by atoms with van der Waals surface area (Å²) in [5.74, 6) is -2.79. The maximum Gasteiger partial charge on any atom is 0.414 e. The largest absolute Gasteiger partial charge is 0.473 e. The van der Waals surface area contributed by atoms with E-state index in [9.17, 15) is 0 Å². The van der Waals surface area contributed by atoms with Crippen molar-refractivity contribution in [2.45, 2.75) is 37.5 Å². The first kappa shape index (κ1) is 27.1. The summed E-state index contributed by atoms with van der Waals surface area (Å²) in [6, 6.07) is 27.8. The number of carbonyl (C=O) groups is 2. The first-order valence-corrected chi connectivity index (χ1v) is 13.0. The Morgan fingerprint density at radius 3 is 1.78 bits per heavy atom. The van der Waals surface area contributed by atoms with Crippen molar-refractivity contribution in [1.82, 2.24) is 4.90 Å². The molecule has 0 radical (unpaired) electrons. The first-order chi connectivity index (χ1) is 17.8. The van der Waals surface area contributed by atoms with Crippen LogP contribution in [-0.2, 0) is 20.9 Å². The number of aliphatic carboxylic acids is 2. The van der Waals surface area contributed by atoms with Crippen LogP contribution in [0.2, 0.25) is 10.0 Å². The topological polar surface area (TPSA) is 87.1 Å². The second-order valence-corrected chi connectivity index (χ2v) is 10.2. The number of halogens is 2. The van der Waals surface area contributed by atoms with Crippen molar-refractivity contribution < 1.29 is 24.5 Å². The summed E-state index contributed by atoms with van der Waals surface area (Å²) in [5.41, 5.74) is 3.74. The molecule has 6 nitrogen and oxygen atoms in total. The van der Waals surface area contributed by atoms with E-state index in [2.05, 4.69) is 65.6 Å². The first-order valence-electron chi connectivity index (χ1n) is 12.2. The number of ether oxygens (including phenoxy) is 1. The normalized spacial score (nSPS) is 22.2. The number of fused-ring (bicyclic) bond motifs is 3. The van der Waals surface area contributed by atoms with Gasteiger partial charge in [0.25, 0.3) is 0 Å². The lowest BCUT2D eigenvalue weighted by atomic mass is 9.72. The van der Waals surface area contributed by atoms with Gasteiger partial charge in [0, 0.05) is 22.0 Å². The molecule has 3 saturated heterocycles. The average Bonchev–Trinajstić information content (AvgIpc) is 2.90. The van der Waals surface area contributed by atoms with Crippen LogP contribution in [-0.4, -0.2) is 52.3 Å². The van der Waals surface area contributed by atoms with Crippen molar-refractivity contribution in [3.8, 4) is 0 Å². The van der Waals surface area contributed by atoms with Crippen LogP contribution in [0.3, 0.4) is 0 Å². The van der Waals surface area contributed by atoms with Gasteiger partial charge in [-0.3, -0.25) is 4.90 Å². The van der Waals surface area contributed by atoms with E-state index in [0.717, 1.165) is 18.7 Å². The highest BCUT2D eigenvalue weighted by Gasteiger charge is 2.47. The highest BCUT2D eigenvalue weighted by molar-refractivity contribution is 6.34. The van der Waals surface area contributed by atoms with Crippen LogP contribution in [0.15, 0.2) is 78.9 Å². The smallest absolute Gasteiger partial charge is 0.414 e. The predicted molar refractivity (Wildman–Crippen MR) is 143 cm³/mol. The Kier molecular flexibility index (Phi) is 9.22. The molecular formula is C29H29Cl2NO5. The van der Waals surface area contributed by atoms with Gasteiger partial charge in [-0.1, -0.05) is 83.9 Å². The van der Waals surface area contributed by atoms with Gasteiger partial charge in [0.15, 0.2) is 0 Å². The Hall–Kier alpha value is -2.90. The maximum absolute atomic E-state index is 9.10.